The van der Waals surface area contributed by atoms with Crippen molar-refractivity contribution in [2.75, 3.05) is 5.32 Å². The molecule has 0 aliphatic rings. The number of hydrogen-bond donors (Lipinski definition) is 2. The molecular formula is C14H12N4O3. The summed E-state index contributed by atoms with van der Waals surface area (Å²) in [7, 11) is 0. The van der Waals surface area contributed by atoms with Gasteiger partial charge in [0.05, 0.1) is 6.26 Å². The number of benzene rings is 1. The van der Waals surface area contributed by atoms with Gasteiger partial charge in [0.25, 0.3) is 5.91 Å². The van der Waals surface area contributed by atoms with Crippen molar-refractivity contribution in [2.24, 2.45) is 0 Å². The van der Waals surface area contributed by atoms with Crippen LogP contribution < -0.4 is 10.1 Å². The molecule has 0 radical (unpaired) electrons. The van der Waals surface area contributed by atoms with Crippen LogP contribution in [0.15, 0.2) is 53.4 Å². The first-order valence-electron chi connectivity index (χ1n) is 6.24. The van der Waals surface area contributed by atoms with Crippen LogP contribution in [0.1, 0.15) is 16.1 Å². The highest BCUT2D eigenvalue weighted by molar-refractivity contribution is 6.02. The van der Waals surface area contributed by atoms with E-state index in [0.717, 1.165) is 5.75 Å². The van der Waals surface area contributed by atoms with Crippen molar-refractivity contribution in [3.05, 3.63) is 60.3 Å². The van der Waals surface area contributed by atoms with E-state index in [9.17, 15) is 4.79 Å². The molecule has 0 fully saturated rings. The van der Waals surface area contributed by atoms with Gasteiger partial charge in [-0.3, -0.25) is 10.1 Å². The van der Waals surface area contributed by atoms with Crippen molar-refractivity contribution in [1.29, 1.82) is 0 Å². The Morgan fingerprint density at radius 2 is 2.14 bits per heavy atom. The van der Waals surface area contributed by atoms with E-state index >= 15 is 0 Å². The second kappa shape index (κ2) is 5.91. The number of aromatic nitrogens is 3. The number of nitrogens with zero attached hydrogens (tertiary/aromatic N) is 2. The summed E-state index contributed by atoms with van der Waals surface area (Å²) in [6.45, 7) is 0.236. The molecule has 0 saturated heterocycles. The minimum Gasteiger partial charge on any atom is -0.489 e. The van der Waals surface area contributed by atoms with E-state index in [0.29, 0.717) is 5.56 Å². The molecule has 7 nitrogen and oxygen atoms in total. The van der Waals surface area contributed by atoms with Crippen molar-refractivity contribution < 1.29 is 13.9 Å². The average Bonchev–Trinajstić information content (AvgIpc) is 3.17. The maximum atomic E-state index is 12.1. The fourth-order valence-electron chi connectivity index (χ4n) is 1.76. The number of anilines is 1. The average molecular weight is 284 g/mol. The van der Waals surface area contributed by atoms with Crippen LogP contribution in [0.2, 0.25) is 0 Å². The normalized spacial score (nSPS) is 10.3. The number of ether oxygens (including phenoxy) is 1. The van der Waals surface area contributed by atoms with E-state index in [1.807, 2.05) is 30.3 Å². The molecule has 0 bridgehead atoms. The Hall–Kier alpha value is -3.09. The monoisotopic (exact) mass is 284 g/mol. The minimum absolute atomic E-state index is 0.183. The van der Waals surface area contributed by atoms with Crippen LogP contribution in [-0.2, 0) is 6.61 Å². The fraction of sp³-hybridized carbons (Fsp3) is 0.0714. The first-order valence-corrected chi connectivity index (χ1v) is 6.24. The highest BCUT2D eigenvalue weighted by Gasteiger charge is 2.17. The summed E-state index contributed by atoms with van der Waals surface area (Å²) in [6, 6.07) is 11.0. The van der Waals surface area contributed by atoms with Gasteiger partial charge in [0.15, 0.2) is 5.76 Å². The first-order chi connectivity index (χ1) is 10.3. The Kier molecular flexibility index (Phi) is 3.64. The van der Waals surface area contributed by atoms with E-state index in [1.165, 1.54) is 12.6 Å². The van der Waals surface area contributed by atoms with Crippen molar-refractivity contribution >= 4 is 11.9 Å². The lowest BCUT2D eigenvalue weighted by atomic mass is 10.2. The summed E-state index contributed by atoms with van der Waals surface area (Å²) in [5.74, 6) is 0.748. The van der Waals surface area contributed by atoms with Crippen LogP contribution in [-0.4, -0.2) is 21.1 Å². The maximum absolute atomic E-state index is 12.1. The Morgan fingerprint density at radius 3 is 2.90 bits per heavy atom. The lowest BCUT2D eigenvalue weighted by Gasteiger charge is -2.06. The van der Waals surface area contributed by atoms with Gasteiger partial charge in [-0.15, -0.1) is 0 Å². The molecule has 0 aliphatic heterocycles. The number of furan rings is 1. The highest BCUT2D eigenvalue weighted by atomic mass is 16.5. The SMILES string of the molecule is O=C(Nc1ncn[nH]1)c1occc1COc1ccccc1. The van der Waals surface area contributed by atoms with E-state index in [4.69, 9.17) is 9.15 Å². The lowest BCUT2D eigenvalue weighted by Crippen LogP contribution is -2.14. The maximum Gasteiger partial charge on any atom is 0.294 e. The Balaban J connectivity index is 1.67. The number of amides is 1. The minimum atomic E-state index is -0.414. The highest BCUT2D eigenvalue weighted by Crippen LogP contribution is 2.16. The number of para-hydroxylation sites is 1. The number of aromatic amines is 1. The van der Waals surface area contributed by atoms with Crippen molar-refractivity contribution in [3.63, 3.8) is 0 Å². The van der Waals surface area contributed by atoms with Crippen LogP contribution >= 0.6 is 0 Å². The first kappa shape index (κ1) is 12.9. The molecule has 0 atom stereocenters. The summed E-state index contributed by atoms with van der Waals surface area (Å²) in [5.41, 5.74) is 0.649. The van der Waals surface area contributed by atoms with Crippen LogP contribution in [0.3, 0.4) is 0 Å². The third kappa shape index (κ3) is 3.08. The molecule has 2 N–H and O–H groups in total. The van der Waals surface area contributed by atoms with E-state index in [1.54, 1.807) is 6.07 Å². The van der Waals surface area contributed by atoms with Gasteiger partial charge >= 0.3 is 0 Å². The number of rotatable bonds is 5. The predicted molar refractivity (Wildman–Crippen MR) is 73.8 cm³/mol. The number of carbonyl (C=O) groups is 1. The van der Waals surface area contributed by atoms with Gasteiger partial charge in [0.1, 0.15) is 18.7 Å². The molecule has 2 heterocycles. The summed E-state index contributed by atoms with van der Waals surface area (Å²) in [4.78, 5) is 15.9. The zero-order valence-corrected chi connectivity index (χ0v) is 10.9. The van der Waals surface area contributed by atoms with E-state index in [-0.39, 0.29) is 18.3 Å². The van der Waals surface area contributed by atoms with Crippen LogP contribution in [0, 0.1) is 0 Å². The van der Waals surface area contributed by atoms with E-state index < -0.39 is 5.91 Å². The molecule has 106 valence electrons. The topological polar surface area (TPSA) is 93.0 Å². The number of nitrogens with one attached hydrogen (secondary N) is 2. The predicted octanol–water partition coefficient (Wildman–Crippen LogP) is 2.23. The van der Waals surface area contributed by atoms with Gasteiger partial charge in [-0.2, -0.15) is 10.1 Å². The van der Waals surface area contributed by atoms with Gasteiger partial charge in [0.2, 0.25) is 5.95 Å². The quantitative estimate of drug-likeness (QED) is 0.749. The molecule has 2 aromatic heterocycles. The standard InChI is InChI=1S/C14H12N4O3/c19-13(17-14-15-9-16-18-14)12-10(6-7-20-12)8-21-11-4-2-1-3-5-11/h1-7,9H,8H2,(H2,15,16,17,18,19). The van der Waals surface area contributed by atoms with Crippen LogP contribution in [0.25, 0.3) is 0 Å². The second-order valence-electron chi connectivity index (χ2n) is 4.16. The summed E-state index contributed by atoms with van der Waals surface area (Å²) >= 11 is 0. The van der Waals surface area contributed by atoms with Crippen LogP contribution in [0.4, 0.5) is 5.95 Å². The molecule has 0 unspecified atom stereocenters. The summed E-state index contributed by atoms with van der Waals surface area (Å²) in [6.07, 6.45) is 2.75. The molecule has 1 amide bonds. The van der Waals surface area contributed by atoms with Gasteiger partial charge in [-0.05, 0) is 18.2 Å². The summed E-state index contributed by atoms with van der Waals surface area (Å²) in [5, 5.41) is 8.74. The van der Waals surface area contributed by atoms with Crippen molar-refractivity contribution in [1.82, 2.24) is 15.2 Å². The Labute approximate surface area is 120 Å². The zero-order chi connectivity index (χ0) is 14.5. The number of carbonyl (C=O) groups excluding carboxylic acids is 1. The van der Waals surface area contributed by atoms with Gasteiger partial charge < -0.3 is 9.15 Å². The zero-order valence-electron chi connectivity index (χ0n) is 10.9. The molecule has 7 heteroatoms. The molecule has 0 spiro atoms. The van der Waals surface area contributed by atoms with Crippen LogP contribution in [0.5, 0.6) is 5.75 Å². The molecule has 0 saturated carbocycles. The molecule has 0 aliphatic carbocycles. The molecule has 21 heavy (non-hydrogen) atoms. The third-order valence-electron chi connectivity index (χ3n) is 2.74. The largest absolute Gasteiger partial charge is 0.489 e. The molecule has 1 aromatic carbocycles. The molecule has 3 aromatic rings. The molecule has 3 rings (SSSR count). The van der Waals surface area contributed by atoms with Gasteiger partial charge in [-0.25, -0.2) is 5.10 Å². The summed E-state index contributed by atoms with van der Waals surface area (Å²) < 4.78 is 10.8. The Bertz CT molecular complexity index is 707. The van der Waals surface area contributed by atoms with E-state index in [2.05, 4.69) is 20.5 Å². The second-order valence-corrected chi connectivity index (χ2v) is 4.16. The molecular weight excluding hydrogens is 272 g/mol. The Morgan fingerprint density at radius 1 is 1.29 bits per heavy atom. The van der Waals surface area contributed by atoms with Crippen molar-refractivity contribution in [2.45, 2.75) is 6.61 Å². The number of hydrogen-bond acceptors (Lipinski definition) is 5. The fourth-order valence-corrected chi connectivity index (χ4v) is 1.76. The van der Waals surface area contributed by atoms with Gasteiger partial charge in [-0.1, -0.05) is 18.2 Å². The smallest absolute Gasteiger partial charge is 0.294 e. The lowest BCUT2D eigenvalue weighted by molar-refractivity contribution is 0.0992. The van der Waals surface area contributed by atoms with Crippen molar-refractivity contribution in [3.8, 4) is 5.75 Å². The third-order valence-corrected chi connectivity index (χ3v) is 2.74. The van der Waals surface area contributed by atoms with Gasteiger partial charge in [0, 0.05) is 5.56 Å². The number of H-pyrrole nitrogens is 1.